The molecule has 1 fully saturated rings. The third-order valence-electron chi connectivity index (χ3n) is 4.05. The summed E-state index contributed by atoms with van der Waals surface area (Å²) in [6.45, 7) is 2.44. The van der Waals surface area contributed by atoms with Crippen molar-refractivity contribution < 1.29 is 8.42 Å². The van der Waals surface area contributed by atoms with Gasteiger partial charge in [0.2, 0.25) is 10.0 Å². The molecular formula is C14H21ClN2O2S. The first kappa shape index (κ1) is 15.8. The molecule has 0 aliphatic heterocycles. The Balaban J connectivity index is 2.45. The summed E-state index contributed by atoms with van der Waals surface area (Å²) < 4.78 is 27.0. The molecule has 0 unspecified atom stereocenters. The summed E-state index contributed by atoms with van der Waals surface area (Å²) in [5.41, 5.74) is 1.69. The molecule has 0 amide bonds. The predicted molar refractivity (Wildman–Crippen MR) is 81.5 cm³/mol. The van der Waals surface area contributed by atoms with Crippen molar-refractivity contribution in [3.05, 3.63) is 28.3 Å². The summed E-state index contributed by atoms with van der Waals surface area (Å²) in [4.78, 5) is 0.324. The van der Waals surface area contributed by atoms with E-state index in [4.69, 9.17) is 11.6 Å². The van der Waals surface area contributed by atoms with Crippen LogP contribution < -0.4 is 5.32 Å². The van der Waals surface area contributed by atoms with Crippen molar-refractivity contribution >= 4 is 21.6 Å². The number of benzene rings is 1. The molecule has 0 aromatic heterocycles. The Kier molecular flexibility index (Phi) is 4.74. The number of hydrogen-bond donors (Lipinski definition) is 1. The first-order valence-electron chi connectivity index (χ1n) is 6.79. The molecule has 6 heteroatoms. The van der Waals surface area contributed by atoms with Gasteiger partial charge in [0.05, 0.1) is 4.90 Å². The van der Waals surface area contributed by atoms with Crippen LogP contribution in [0.3, 0.4) is 0 Å². The van der Waals surface area contributed by atoms with Crippen LogP contribution >= 0.6 is 11.6 Å². The van der Waals surface area contributed by atoms with Crippen LogP contribution in [-0.4, -0.2) is 32.9 Å². The van der Waals surface area contributed by atoms with Gasteiger partial charge in [-0.3, -0.25) is 0 Å². The van der Waals surface area contributed by atoms with E-state index < -0.39 is 10.0 Å². The van der Waals surface area contributed by atoms with Gasteiger partial charge in [0, 0.05) is 24.7 Å². The second-order valence-electron chi connectivity index (χ2n) is 5.32. The van der Waals surface area contributed by atoms with Gasteiger partial charge in [-0.05, 0) is 50.1 Å². The van der Waals surface area contributed by atoms with E-state index in [0.29, 0.717) is 16.5 Å². The third-order valence-corrected chi connectivity index (χ3v) is 6.30. The Labute approximate surface area is 126 Å². The summed E-state index contributed by atoms with van der Waals surface area (Å²) in [6, 6.07) is 3.50. The zero-order chi connectivity index (χ0) is 14.9. The minimum atomic E-state index is -3.47. The Morgan fingerprint density at radius 1 is 1.40 bits per heavy atom. The topological polar surface area (TPSA) is 49.4 Å². The van der Waals surface area contributed by atoms with Crippen LogP contribution in [0.5, 0.6) is 0 Å². The Morgan fingerprint density at radius 2 is 2.05 bits per heavy atom. The predicted octanol–water partition coefficient (Wildman–Crippen LogP) is 2.54. The number of nitrogens with one attached hydrogen (secondary N) is 1. The summed E-state index contributed by atoms with van der Waals surface area (Å²) in [6.07, 6.45) is 2.99. The van der Waals surface area contributed by atoms with Crippen molar-refractivity contribution in [3.63, 3.8) is 0 Å². The fourth-order valence-corrected chi connectivity index (χ4v) is 4.46. The molecule has 2 rings (SSSR count). The number of nitrogens with zero attached hydrogens (tertiary/aromatic N) is 1. The highest BCUT2D eigenvalue weighted by Gasteiger charge is 2.33. The number of hydrogen-bond acceptors (Lipinski definition) is 3. The number of rotatable bonds is 5. The maximum atomic E-state index is 12.7. The lowest BCUT2D eigenvalue weighted by atomic mass is 9.94. The largest absolute Gasteiger partial charge is 0.316 e. The highest BCUT2D eigenvalue weighted by molar-refractivity contribution is 7.89. The lowest BCUT2D eigenvalue weighted by Crippen LogP contribution is -2.41. The van der Waals surface area contributed by atoms with E-state index in [1.54, 1.807) is 13.1 Å². The van der Waals surface area contributed by atoms with Gasteiger partial charge in [-0.2, -0.15) is 4.31 Å². The molecule has 20 heavy (non-hydrogen) atoms. The van der Waals surface area contributed by atoms with Crippen molar-refractivity contribution in [3.8, 4) is 0 Å². The molecule has 4 nitrogen and oxygen atoms in total. The molecule has 1 aliphatic rings. The molecule has 0 atom stereocenters. The summed E-state index contributed by atoms with van der Waals surface area (Å²) >= 11 is 6.09. The minimum Gasteiger partial charge on any atom is -0.316 e. The molecule has 1 aromatic rings. The molecule has 0 saturated heterocycles. The first-order valence-corrected chi connectivity index (χ1v) is 8.61. The van der Waals surface area contributed by atoms with Crippen LogP contribution in [0.2, 0.25) is 5.02 Å². The second-order valence-corrected chi connectivity index (χ2v) is 7.73. The van der Waals surface area contributed by atoms with Crippen molar-refractivity contribution in [2.24, 2.45) is 0 Å². The van der Waals surface area contributed by atoms with Crippen LogP contribution in [0.4, 0.5) is 0 Å². The average molecular weight is 317 g/mol. The van der Waals surface area contributed by atoms with E-state index >= 15 is 0 Å². The molecule has 112 valence electrons. The normalized spacial score (nSPS) is 16.4. The quantitative estimate of drug-likeness (QED) is 0.908. The smallest absolute Gasteiger partial charge is 0.243 e. The molecule has 0 bridgehead atoms. The highest BCUT2D eigenvalue weighted by Crippen LogP contribution is 2.32. The lowest BCUT2D eigenvalue weighted by molar-refractivity contribution is 0.249. The highest BCUT2D eigenvalue weighted by atomic mass is 35.5. The third kappa shape index (κ3) is 2.86. The van der Waals surface area contributed by atoms with Gasteiger partial charge in [0.25, 0.3) is 0 Å². The molecule has 1 saturated carbocycles. The fraction of sp³-hybridized carbons (Fsp3) is 0.571. The number of halogens is 1. The van der Waals surface area contributed by atoms with Crippen molar-refractivity contribution in [1.29, 1.82) is 0 Å². The lowest BCUT2D eigenvalue weighted by Gasteiger charge is -2.34. The first-order chi connectivity index (χ1) is 9.37. The molecule has 0 heterocycles. The van der Waals surface area contributed by atoms with Crippen molar-refractivity contribution in [2.75, 3.05) is 14.1 Å². The van der Waals surface area contributed by atoms with Gasteiger partial charge in [-0.25, -0.2) is 8.42 Å². The Morgan fingerprint density at radius 3 is 2.55 bits per heavy atom. The summed E-state index contributed by atoms with van der Waals surface area (Å²) in [7, 11) is 0.0204. The Bertz CT molecular complexity index is 597. The molecule has 1 N–H and O–H groups in total. The van der Waals surface area contributed by atoms with E-state index in [0.717, 1.165) is 30.4 Å². The van der Waals surface area contributed by atoms with Crippen LogP contribution in [-0.2, 0) is 16.6 Å². The van der Waals surface area contributed by atoms with Crippen LogP contribution in [0.1, 0.15) is 30.4 Å². The van der Waals surface area contributed by atoms with E-state index in [-0.39, 0.29) is 6.04 Å². The van der Waals surface area contributed by atoms with E-state index in [9.17, 15) is 8.42 Å². The van der Waals surface area contributed by atoms with Gasteiger partial charge < -0.3 is 5.32 Å². The van der Waals surface area contributed by atoms with Gasteiger partial charge in [-0.15, -0.1) is 0 Å². The minimum absolute atomic E-state index is 0.131. The monoisotopic (exact) mass is 316 g/mol. The Hall–Kier alpha value is -0.620. The van der Waals surface area contributed by atoms with Crippen LogP contribution in [0.15, 0.2) is 17.0 Å². The second kappa shape index (κ2) is 6.02. The number of sulfonamides is 1. The van der Waals surface area contributed by atoms with Crippen LogP contribution in [0.25, 0.3) is 0 Å². The van der Waals surface area contributed by atoms with Crippen LogP contribution in [0, 0.1) is 6.92 Å². The molecular weight excluding hydrogens is 296 g/mol. The van der Waals surface area contributed by atoms with Gasteiger partial charge in [0.15, 0.2) is 0 Å². The standard InChI is InChI=1S/C14H21ClN2O2S/c1-10-11(9-16-2)7-12(15)8-14(10)20(18,19)17(3)13-5-4-6-13/h7-8,13,16H,4-6,9H2,1-3H3. The van der Waals surface area contributed by atoms with Crippen molar-refractivity contribution in [2.45, 2.75) is 43.7 Å². The summed E-state index contributed by atoms with van der Waals surface area (Å²) in [5.74, 6) is 0. The molecule has 0 spiro atoms. The zero-order valence-corrected chi connectivity index (χ0v) is 13.7. The van der Waals surface area contributed by atoms with Gasteiger partial charge in [-0.1, -0.05) is 18.0 Å². The maximum absolute atomic E-state index is 12.7. The van der Waals surface area contributed by atoms with Gasteiger partial charge in [0.1, 0.15) is 0 Å². The maximum Gasteiger partial charge on any atom is 0.243 e. The molecule has 0 radical (unpaired) electrons. The average Bonchev–Trinajstić information content (AvgIpc) is 2.31. The molecule has 1 aromatic carbocycles. The van der Waals surface area contributed by atoms with E-state index in [2.05, 4.69) is 5.32 Å². The summed E-state index contributed by atoms with van der Waals surface area (Å²) in [5, 5.41) is 3.50. The zero-order valence-electron chi connectivity index (χ0n) is 12.1. The fourth-order valence-electron chi connectivity index (χ4n) is 2.45. The van der Waals surface area contributed by atoms with E-state index in [1.807, 2.05) is 20.0 Å². The van der Waals surface area contributed by atoms with Crippen molar-refractivity contribution in [1.82, 2.24) is 9.62 Å². The van der Waals surface area contributed by atoms with Gasteiger partial charge >= 0.3 is 0 Å². The SMILES string of the molecule is CNCc1cc(Cl)cc(S(=O)(=O)N(C)C2CCC2)c1C. The molecule has 1 aliphatic carbocycles. The van der Waals surface area contributed by atoms with E-state index in [1.165, 1.54) is 4.31 Å².